The van der Waals surface area contributed by atoms with Crippen molar-refractivity contribution in [3.8, 4) is 0 Å². The molecule has 0 aliphatic heterocycles. The van der Waals surface area contributed by atoms with E-state index < -0.39 is 5.91 Å². The highest BCUT2D eigenvalue weighted by Crippen LogP contribution is 2.21. The van der Waals surface area contributed by atoms with Crippen LogP contribution >= 0.6 is 11.6 Å². The molecule has 1 amide bonds. The SMILES string of the molecule is Cc1cc(Cl)c(C(N)=O)cc1N. The monoisotopic (exact) mass is 184 g/mol. The number of hydrogen-bond donors (Lipinski definition) is 2. The number of halogens is 1. The van der Waals surface area contributed by atoms with Crippen molar-refractivity contribution in [2.75, 3.05) is 5.73 Å². The van der Waals surface area contributed by atoms with Crippen LogP contribution < -0.4 is 11.5 Å². The summed E-state index contributed by atoms with van der Waals surface area (Å²) in [5, 5.41) is 0.342. The Morgan fingerprint density at radius 1 is 1.50 bits per heavy atom. The highest BCUT2D eigenvalue weighted by atomic mass is 35.5. The molecular formula is C8H9ClN2O. The Hall–Kier alpha value is -1.22. The predicted octanol–water partition coefficient (Wildman–Crippen LogP) is 1.33. The number of aryl methyl sites for hydroxylation is 1. The van der Waals surface area contributed by atoms with E-state index in [4.69, 9.17) is 23.1 Å². The molecule has 0 heterocycles. The molecule has 4 N–H and O–H groups in total. The van der Waals surface area contributed by atoms with Gasteiger partial charge in [-0.1, -0.05) is 11.6 Å². The summed E-state index contributed by atoms with van der Waals surface area (Å²) >= 11 is 5.74. The first-order valence-electron chi connectivity index (χ1n) is 3.38. The fourth-order valence-corrected chi connectivity index (χ4v) is 1.19. The minimum atomic E-state index is -0.563. The van der Waals surface area contributed by atoms with Gasteiger partial charge < -0.3 is 11.5 Å². The largest absolute Gasteiger partial charge is 0.398 e. The van der Waals surface area contributed by atoms with Gasteiger partial charge in [0.1, 0.15) is 0 Å². The van der Waals surface area contributed by atoms with Crippen LogP contribution in [-0.4, -0.2) is 5.91 Å². The second-order valence-electron chi connectivity index (χ2n) is 2.55. The third-order valence-electron chi connectivity index (χ3n) is 1.62. The van der Waals surface area contributed by atoms with E-state index in [1.165, 1.54) is 6.07 Å². The van der Waals surface area contributed by atoms with Crippen LogP contribution in [0.5, 0.6) is 0 Å². The zero-order valence-electron chi connectivity index (χ0n) is 6.60. The van der Waals surface area contributed by atoms with E-state index in [0.29, 0.717) is 10.7 Å². The number of hydrogen-bond acceptors (Lipinski definition) is 2. The minimum Gasteiger partial charge on any atom is -0.398 e. The Morgan fingerprint density at radius 3 is 2.58 bits per heavy atom. The number of primary amides is 1. The van der Waals surface area contributed by atoms with E-state index >= 15 is 0 Å². The fraction of sp³-hybridized carbons (Fsp3) is 0.125. The second-order valence-corrected chi connectivity index (χ2v) is 2.96. The average molecular weight is 185 g/mol. The van der Waals surface area contributed by atoms with Gasteiger partial charge >= 0.3 is 0 Å². The molecule has 0 saturated carbocycles. The second kappa shape index (κ2) is 3.03. The molecule has 0 fully saturated rings. The molecule has 4 heteroatoms. The maximum atomic E-state index is 10.8. The highest BCUT2D eigenvalue weighted by Gasteiger charge is 2.07. The van der Waals surface area contributed by atoms with Gasteiger partial charge in [0.2, 0.25) is 5.91 Å². The van der Waals surface area contributed by atoms with Gasteiger partial charge in [0.05, 0.1) is 10.6 Å². The molecule has 0 atom stereocenters. The third kappa shape index (κ3) is 1.51. The van der Waals surface area contributed by atoms with Crippen molar-refractivity contribution in [1.29, 1.82) is 0 Å². The summed E-state index contributed by atoms with van der Waals surface area (Å²) in [6.45, 7) is 1.81. The van der Waals surface area contributed by atoms with Gasteiger partial charge in [0, 0.05) is 5.69 Å². The zero-order valence-corrected chi connectivity index (χ0v) is 7.35. The standard InChI is InChI=1S/C8H9ClN2O/c1-4-2-6(9)5(8(11)12)3-7(4)10/h2-3H,10H2,1H3,(H2,11,12). The molecule has 0 saturated heterocycles. The molecule has 1 aromatic rings. The lowest BCUT2D eigenvalue weighted by Crippen LogP contribution is -2.12. The van der Waals surface area contributed by atoms with Crippen LogP contribution in [0, 0.1) is 6.92 Å². The van der Waals surface area contributed by atoms with Crippen molar-refractivity contribution in [2.45, 2.75) is 6.92 Å². The highest BCUT2D eigenvalue weighted by molar-refractivity contribution is 6.34. The van der Waals surface area contributed by atoms with Crippen molar-refractivity contribution in [1.82, 2.24) is 0 Å². The van der Waals surface area contributed by atoms with Gasteiger partial charge in [-0.05, 0) is 24.6 Å². The Balaban J connectivity index is 3.33. The molecule has 0 unspecified atom stereocenters. The van der Waals surface area contributed by atoms with E-state index in [1.807, 2.05) is 6.92 Å². The molecule has 0 aliphatic carbocycles. The van der Waals surface area contributed by atoms with Gasteiger partial charge in [0.25, 0.3) is 0 Å². The summed E-state index contributed by atoms with van der Waals surface area (Å²) in [5.74, 6) is -0.563. The van der Waals surface area contributed by atoms with Gasteiger partial charge in [-0.3, -0.25) is 4.79 Å². The molecule has 0 bridgehead atoms. The maximum Gasteiger partial charge on any atom is 0.250 e. The fourth-order valence-electron chi connectivity index (χ4n) is 0.878. The summed E-state index contributed by atoms with van der Waals surface area (Å²) in [5.41, 5.74) is 12.2. The number of carbonyl (C=O) groups excluding carboxylic acids is 1. The molecule has 0 aromatic heterocycles. The van der Waals surface area contributed by atoms with Gasteiger partial charge in [-0.2, -0.15) is 0 Å². The van der Waals surface area contributed by atoms with Gasteiger partial charge in [0.15, 0.2) is 0 Å². The summed E-state index contributed by atoms with van der Waals surface area (Å²) in [4.78, 5) is 10.8. The van der Waals surface area contributed by atoms with Crippen LogP contribution in [0.4, 0.5) is 5.69 Å². The normalized spacial score (nSPS) is 9.83. The molecule has 64 valence electrons. The van der Waals surface area contributed by atoms with Crippen molar-refractivity contribution < 1.29 is 4.79 Å². The first-order valence-corrected chi connectivity index (χ1v) is 3.75. The van der Waals surface area contributed by atoms with Crippen molar-refractivity contribution >= 4 is 23.2 Å². The first-order chi connectivity index (χ1) is 5.52. The lowest BCUT2D eigenvalue weighted by atomic mass is 10.1. The number of amides is 1. The minimum absolute atomic E-state index is 0.264. The Morgan fingerprint density at radius 2 is 2.08 bits per heavy atom. The molecule has 1 aromatic carbocycles. The molecule has 3 nitrogen and oxygen atoms in total. The van der Waals surface area contributed by atoms with Gasteiger partial charge in [-0.15, -0.1) is 0 Å². The van der Waals surface area contributed by atoms with Crippen LogP contribution in [0.15, 0.2) is 12.1 Å². The lowest BCUT2D eigenvalue weighted by molar-refractivity contribution is 0.100. The number of anilines is 1. The smallest absolute Gasteiger partial charge is 0.250 e. The molecule has 0 spiro atoms. The summed E-state index contributed by atoms with van der Waals surface area (Å²) in [6.07, 6.45) is 0. The molecular weight excluding hydrogens is 176 g/mol. The van der Waals surface area contributed by atoms with Crippen LogP contribution in [0.25, 0.3) is 0 Å². The van der Waals surface area contributed by atoms with E-state index in [2.05, 4.69) is 0 Å². The quantitative estimate of drug-likeness (QED) is 0.647. The topological polar surface area (TPSA) is 69.1 Å². The summed E-state index contributed by atoms with van der Waals surface area (Å²) < 4.78 is 0. The van der Waals surface area contributed by atoms with E-state index in [0.717, 1.165) is 5.56 Å². The molecule has 0 radical (unpaired) electrons. The van der Waals surface area contributed by atoms with Crippen LogP contribution in [0.3, 0.4) is 0 Å². The lowest BCUT2D eigenvalue weighted by Gasteiger charge is -2.04. The third-order valence-corrected chi connectivity index (χ3v) is 1.93. The van der Waals surface area contributed by atoms with E-state index in [9.17, 15) is 4.79 Å². The molecule has 12 heavy (non-hydrogen) atoms. The number of nitrogens with two attached hydrogens (primary N) is 2. The van der Waals surface area contributed by atoms with Crippen LogP contribution in [-0.2, 0) is 0 Å². The summed E-state index contributed by atoms with van der Waals surface area (Å²) in [6, 6.07) is 3.11. The predicted molar refractivity (Wildman–Crippen MR) is 49.1 cm³/mol. The number of rotatable bonds is 1. The van der Waals surface area contributed by atoms with Gasteiger partial charge in [-0.25, -0.2) is 0 Å². The number of benzene rings is 1. The Labute approximate surface area is 75.3 Å². The van der Waals surface area contributed by atoms with Crippen molar-refractivity contribution in [2.24, 2.45) is 5.73 Å². The zero-order chi connectivity index (χ0) is 9.30. The summed E-state index contributed by atoms with van der Waals surface area (Å²) in [7, 11) is 0. The molecule has 1 rings (SSSR count). The van der Waals surface area contributed by atoms with Crippen LogP contribution in [0.1, 0.15) is 15.9 Å². The average Bonchev–Trinajstić information content (AvgIpc) is 1.96. The Kier molecular flexibility index (Phi) is 2.24. The maximum absolute atomic E-state index is 10.8. The Bertz CT molecular complexity index is 336. The van der Waals surface area contributed by atoms with Crippen LogP contribution in [0.2, 0.25) is 5.02 Å². The van der Waals surface area contributed by atoms with Crippen molar-refractivity contribution in [3.05, 3.63) is 28.3 Å². The van der Waals surface area contributed by atoms with Crippen molar-refractivity contribution in [3.63, 3.8) is 0 Å². The van der Waals surface area contributed by atoms with E-state index in [1.54, 1.807) is 6.07 Å². The number of carbonyl (C=O) groups is 1. The number of nitrogen functional groups attached to an aromatic ring is 1. The van der Waals surface area contributed by atoms with E-state index in [-0.39, 0.29) is 5.56 Å². The first kappa shape index (κ1) is 8.87. The molecule has 0 aliphatic rings.